The average molecular weight is 257 g/mol. The molecule has 18 heavy (non-hydrogen) atoms. The lowest BCUT2D eigenvalue weighted by molar-refractivity contribution is -0.134. The molecule has 0 saturated heterocycles. The van der Waals surface area contributed by atoms with Crippen LogP contribution in [0.25, 0.3) is 0 Å². The Balaban J connectivity index is 4.31. The van der Waals surface area contributed by atoms with Gasteiger partial charge in [-0.1, -0.05) is 13.8 Å². The maximum absolute atomic E-state index is 11.9. The van der Waals surface area contributed by atoms with Gasteiger partial charge in [-0.3, -0.25) is 9.59 Å². The molecule has 106 valence electrons. The summed E-state index contributed by atoms with van der Waals surface area (Å²) in [5, 5.41) is 2.82. The standard InChI is InChI=1S/C13H27N3O2/c1-10(2)9-11(13(18)16(3)4)15-12(17)7-5-6-8-14/h10-11H,5-9,14H2,1-4H3,(H,15,17). The minimum atomic E-state index is -0.412. The van der Waals surface area contributed by atoms with E-state index in [0.29, 0.717) is 25.3 Å². The maximum Gasteiger partial charge on any atom is 0.244 e. The van der Waals surface area contributed by atoms with Crippen LogP contribution in [0.4, 0.5) is 0 Å². The van der Waals surface area contributed by atoms with E-state index in [-0.39, 0.29) is 11.8 Å². The summed E-state index contributed by atoms with van der Waals surface area (Å²) in [6.07, 6.45) is 2.71. The first-order chi connectivity index (χ1) is 8.38. The number of nitrogens with two attached hydrogens (primary N) is 1. The first kappa shape index (κ1) is 16.9. The molecule has 2 amide bonds. The Labute approximate surface area is 110 Å². The van der Waals surface area contributed by atoms with Crippen molar-refractivity contribution in [2.45, 2.75) is 45.6 Å². The number of rotatable bonds is 8. The largest absolute Gasteiger partial charge is 0.347 e. The number of nitrogens with one attached hydrogen (secondary N) is 1. The topological polar surface area (TPSA) is 75.4 Å². The van der Waals surface area contributed by atoms with Crippen LogP contribution in [-0.4, -0.2) is 43.4 Å². The number of unbranched alkanes of at least 4 members (excludes halogenated alkanes) is 1. The minimum absolute atomic E-state index is 0.0455. The molecule has 0 saturated carbocycles. The van der Waals surface area contributed by atoms with Gasteiger partial charge in [0, 0.05) is 20.5 Å². The molecular weight excluding hydrogens is 230 g/mol. The van der Waals surface area contributed by atoms with Gasteiger partial charge in [-0.25, -0.2) is 0 Å². The number of carbonyl (C=O) groups excluding carboxylic acids is 2. The molecule has 0 heterocycles. The van der Waals surface area contributed by atoms with Crippen LogP contribution in [0.3, 0.4) is 0 Å². The van der Waals surface area contributed by atoms with Crippen molar-refractivity contribution in [1.82, 2.24) is 10.2 Å². The van der Waals surface area contributed by atoms with Gasteiger partial charge in [0.25, 0.3) is 0 Å². The number of hydrogen-bond donors (Lipinski definition) is 2. The summed E-state index contributed by atoms with van der Waals surface area (Å²) >= 11 is 0. The van der Waals surface area contributed by atoms with Crippen LogP contribution in [0.1, 0.15) is 39.5 Å². The van der Waals surface area contributed by atoms with Crippen LogP contribution in [0, 0.1) is 5.92 Å². The van der Waals surface area contributed by atoms with Gasteiger partial charge in [0.1, 0.15) is 6.04 Å². The summed E-state index contributed by atoms with van der Waals surface area (Å²) in [5.74, 6) is 0.253. The van der Waals surface area contributed by atoms with E-state index in [2.05, 4.69) is 5.32 Å². The average Bonchev–Trinajstić information content (AvgIpc) is 2.26. The number of likely N-dealkylation sites (N-methyl/N-ethyl adjacent to an activating group) is 1. The van der Waals surface area contributed by atoms with Crippen molar-refractivity contribution in [3.63, 3.8) is 0 Å². The van der Waals surface area contributed by atoms with Gasteiger partial charge < -0.3 is 16.0 Å². The molecule has 0 aromatic rings. The fourth-order valence-corrected chi connectivity index (χ4v) is 1.70. The molecule has 0 aliphatic rings. The monoisotopic (exact) mass is 257 g/mol. The molecule has 0 rings (SSSR count). The zero-order chi connectivity index (χ0) is 14.1. The smallest absolute Gasteiger partial charge is 0.244 e. The minimum Gasteiger partial charge on any atom is -0.347 e. The van der Waals surface area contributed by atoms with Crippen LogP contribution in [-0.2, 0) is 9.59 Å². The van der Waals surface area contributed by atoms with E-state index in [4.69, 9.17) is 5.73 Å². The first-order valence-corrected chi connectivity index (χ1v) is 6.59. The number of amides is 2. The van der Waals surface area contributed by atoms with Crippen LogP contribution >= 0.6 is 0 Å². The maximum atomic E-state index is 11.9. The SMILES string of the molecule is CC(C)CC(NC(=O)CCCCN)C(=O)N(C)C. The van der Waals surface area contributed by atoms with Gasteiger partial charge in [0.15, 0.2) is 0 Å². The summed E-state index contributed by atoms with van der Waals surface area (Å²) in [6, 6.07) is -0.412. The molecule has 3 N–H and O–H groups in total. The molecular formula is C13H27N3O2. The summed E-state index contributed by atoms with van der Waals surface area (Å²) in [7, 11) is 3.41. The third-order valence-electron chi connectivity index (χ3n) is 2.64. The Hall–Kier alpha value is -1.10. The van der Waals surface area contributed by atoms with E-state index >= 15 is 0 Å². The molecule has 0 aromatic heterocycles. The Bertz CT molecular complexity index is 265. The Morgan fingerprint density at radius 2 is 1.83 bits per heavy atom. The normalized spacial score (nSPS) is 12.3. The lowest BCUT2D eigenvalue weighted by Gasteiger charge is -2.23. The van der Waals surface area contributed by atoms with Crippen LogP contribution in [0.2, 0.25) is 0 Å². The fourth-order valence-electron chi connectivity index (χ4n) is 1.70. The summed E-state index contributed by atoms with van der Waals surface area (Å²) in [5.41, 5.74) is 5.38. The Kier molecular flexibility index (Phi) is 8.37. The molecule has 0 aromatic carbocycles. The van der Waals surface area contributed by atoms with E-state index in [1.165, 1.54) is 4.90 Å². The summed E-state index contributed by atoms with van der Waals surface area (Å²) < 4.78 is 0. The molecule has 0 bridgehead atoms. The second-order valence-electron chi connectivity index (χ2n) is 5.23. The highest BCUT2D eigenvalue weighted by Gasteiger charge is 2.22. The molecule has 0 aliphatic heterocycles. The molecule has 0 spiro atoms. The molecule has 0 fully saturated rings. The zero-order valence-electron chi connectivity index (χ0n) is 12.0. The van der Waals surface area contributed by atoms with Crippen molar-refractivity contribution in [1.29, 1.82) is 0 Å². The van der Waals surface area contributed by atoms with Gasteiger partial charge in [-0.2, -0.15) is 0 Å². The van der Waals surface area contributed by atoms with Gasteiger partial charge in [-0.05, 0) is 31.7 Å². The molecule has 5 heteroatoms. The van der Waals surface area contributed by atoms with Crippen molar-refractivity contribution < 1.29 is 9.59 Å². The van der Waals surface area contributed by atoms with E-state index in [1.54, 1.807) is 14.1 Å². The van der Waals surface area contributed by atoms with Crippen molar-refractivity contribution in [2.75, 3.05) is 20.6 Å². The Morgan fingerprint density at radius 3 is 2.28 bits per heavy atom. The van der Waals surface area contributed by atoms with Crippen molar-refractivity contribution in [3.8, 4) is 0 Å². The van der Waals surface area contributed by atoms with E-state index in [9.17, 15) is 9.59 Å². The lowest BCUT2D eigenvalue weighted by atomic mass is 10.0. The highest BCUT2D eigenvalue weighted by atomic mass is 16.2. The predicted octanol–water partition coefficient (Wildman–Crippen LogP) is 0.735. The first-order valence-electron chi connectivity index (χ1n) is 6.59. The van der Waals surface area contributed by atoms with Crippen LogP contribution < -0.4 is 11.1 Å². The molecule has 0 radical (unpaired) electrons. The molecule has 1 atom stereocenters. The van der Waals surface area contributed by atoms with Gasteiger partial charge in [0.05, 0.1) is 0 Å². The quantitative estimate of drug-likeness (QED) is 0.630. The third kappa shape index (κ3) is 7.27. The van der Waals surface area contributed by atoms with Crippen molar-refractivity contribution in [3.05, 3.63) is 0 Å². The molecule has 5 nitrogen and oxygen atoms in total. The van der Waals surface area contributed by atoms with Gasteiger partial charge in [0.2, 0.25) is 11.8 Å². The van der Waals surface area contributed by atoms with Crippen molar-refractivity contribution >= 4 is 11.8 Å². The van der Waals surface area contributed by atoms with E-state index < -0.39 is 6.04 Å². The molecule has 0 aliphatic carbocycles. The van der Waals surface area contributed by atoms with Gasteiger partial charge in [-0.15, -0.1) is 0 Å². The van der Waals surface area contributed by atoms with E-state index in [1.807, 2.05) is 13.8 Å². The van der Waals surface area contributed by atoms with Crippen LogP contribution in [0.15, 0.2) is 0 Å². The summed E-state index contributed by atoms with van der Waals surface area (Å²) in [4.78, 5) is 25.2. The Morgan fingerprint density at radius 1 is 1.22 bits per heavy atom. The van der Waals surface area contributed by atoms with Crippen molar-refractivity contribution in [2.24, 2.45) is 11.7 Å². The summed E-state index contributed by atoms with van der Waals surface area (Å²) in [6.45, 7) is 4.67. The third-order valence-corrected chi connectivity index (χ3v) is 2.64. The number of hydrogen-bond acceptors (Lipinski definition) is 3. The number of carbonyl (C=O) groups is 2. The fraction of sp³-hybridized carbons (Fsp3) is 0.846. The second kappa shape index (κ2) is 8.91. The highest BCUT2D eigenvalue weighted by molar-refractivity contribution is 5.87. The lowest BCUT2D eigenvalue weighted by Crippen LogP contribution is -2.46. The highest BCUT2D eigenvalue weighted by Crippen LogP contribution is 2.07. The second-order valence-corrected chi connectivity index (χ2v) is 5.23. The predicted molar refractivity (Wildman–Crippen MR) is 73.0 cm³/mol. The molecule has 1 unspecified atom stereocenters. The zero-order valence-corrected chi connectivity index (χ0v) is 12.0. The van der Waals surface area contributed by atoms with E-state index in [0.717, 1.165) is 12.8 Å². The number of nitrogens with zero attached hydrogens (tertiary/aromatic N) is 1. The van der Waals surface area contributed by atoms with Gasteiger partial charge >= 0.3 is 0 Å². The van der Waals surface area contributed by atoms with Crippen LogP contribution in [0.5, 0.6) is 0 Å².